The van der Waals surface area contributed by atoms with E-state index in [1.807, 2.05) is 54.6 Å². The monoisotopic (exact) mass is 347 g/mol. The van der Waals surface area contributed by atoms with Gasteiger partial charge in [-0.25, -0.2) is 9.97 Å². The summed E-state index contributed by atoms with van der Waals surface area (Å²) in [5, 5.41) is 0. The fourth-order valence-electron chi connectivity index (χ4n) is 3.35. The highest BCUT2D eigenvalue weighted by atomic mass is 15.1. The van der Waals surface area contributed by atoms with E-state index in [1.165, 1.54) is 0 Å². The first-order valence-corrected chi connectivity index (χ1v) is 8.96. The summed E-state index contributed by atoms with van der Waals surface area (Å²) in [5.41, 5.74) is 5.92. The molecule has 0 saturated carbocycles. The maximum Gasteiger partial charge on any atom is 0.179 e. The predicted molar refractivity (Wildman–Crippen MR) is 110 cm³/mol. The molecule has 2 heterocycles. The van der Waals surface area contributed by atoms with E-state index in [-0.39, 0.29) is 0 Å². The van der Waals surface area contributed by atoms with Crippen LogP contribution < -0.4 is 0 Å². The summed E-state index contributed by atoms with van der Waals surface area (Å²) in [6.07, 6.45) is 0. The highest BCUT2D eigenvalue weighted by Crippen LogP contribution is 2.29. The van der Waals surface area contributed by atoms with Crippen molar-refractivity contribution >= 4 is 11.2 Å². The van der Waals surface area contributed by atoms with E-state index in [0.29, 0.717) is 0 Å². The van der Waals surface area contributed by atoms with Crippen LogP contribution >= 0.6 is 0 Å². The van der Waals surface area contributed by atoms with E-state index in [1.54, 1.807) is 0 Å². The molecule has 3 nitrogen and oxygen atoms in total. The second kappa shape index (κ2) is 6.54. The van der Waals surface area contributed by atoms with Gasteiger partial charge in [-0.3, -0.25) is 4.57 Å². The molecule has 0 aliphatic heterocycles. The van der Waals surface area contributed by atoms with Crippen LogP contribution in [0.3, 0.4) is 0 Å². The van der Waals surface area contributed by atoms with Gasteiger partial charge in [-0.2, -0.15) is 0 Å². The predicted octanol–water partition coefficient (Wildman–Crippen LogP) is 5.75. The molecule has 0 aliphatic rings. The maximum atomic E-state index is 4.90. The van der Waals surface area contributed by atoms with Crippen LogP contribution in [0.4, 0.5) is 0 Å². The molecule has 5 aromatic rings. The summed E-state index contributed by atoms with van der Waals surface area (Å²) in [6.45, 7) is 0. The number of hydrogen-bond acceptors (Lipinski definition) is 2. The Morgan fingerprint density at radius 2 is 1.11 bits per heavy atom. The van der Waals surface area contributed by atoms with Gasteiger partial charge in [0.1, 0.15) is 5.82 Å². The molecule has 0 radical (unpaired) electrons. The second-order valence-corrected chi connectivity index (χ2v) is 6.38. The largest absolute Gasteiger partial charge is 0.291 e. The van der Waals surface area contributed by atoms with Crippen LogP contribution in [0.5, 0.6) is 0 Å². The molecule has 27 heavy (non-hydrogen) atoms. The number of aromatic nitrogens is 3. The number of rotatable bonds is 3. The van der Waals surface area contributed by atoms with E-state index < -0.39 is 0 Å². The summed E-state index contributed by atoms with van der Waals surface area (Å²) in [7, 11) is 0. The molecule has 0 amide bonds. The molecule has 2 aromatic heterocycles. The van der Waals surface area contributed by atoms with Crippen LogP contribution in [0.2, 0.25) is 0 Å². The highest BCUT2D eigenvalue weighted by Gasteiger charge is 2.15. The molecule has 5 rings (SSSR count). The van der Waals surface area contributed by atoms with Crippen molar-refractivity contribution in [3.63, 3.8) is 0 Å². The van der Waals surface area contributed by atoms with Crippen LogP contribution in [0.15, 0.2) is 103 Å². The molecule has 0 bridgehead atoms. The van der Waals surface area contributed by atoms with Crippen molar-refractivity contribution in [3.05, 3.63) is 103 Å². The lowest BCUT2D eigenvalue weighted by Crippen LogP contribution is -1.97. The minimum atomic E-state index is 0.749. The molecule has 0 atom stereocenters. The number of benzene rings is 3. The Bertz CT molecular complexity index is 1190. The molecular weight excluding hydrogens is 330 g/mol. The number of nitrogens with zero attached hydrogens (tertiary/aromatic N) is 3. The van der Waals surface area contributed by atoms with Gasteiger partial charge in [0.2, 0.25) is 0 Å². The van der Waals surface area contributed by atoms with Gasteiger partial charge in [-0.05, 0) is 24.3 Å². The Kier molecular flexibility index (Phi) is 3.76. The van der Waals surface area contributed by atoms with Crippen molar-refractivity contribution in [2.45, 2.75) is 0 Å². The van der Waals surface area contributed by atoms with Gasteiger partial charge in [0.25, 0.3) is 0 Å². The van der Waals surface area contributed by atoms with Crippen LogP contribution in [0, 0.1) is 0 Å². The topological polar surface area (TPSA) is 30.7 Å². The number of pyridine rings is 1. The molecule has 128 valence electrons. The molecule has 0 fully saturated rings. The normalized spacial score (nSPS) is 11.0. The lowest BCUT2D eigenvalue weighted by Gasteiger charge is -2.09. The lowest BCUT2D eigenvalue weighted by atomic mass is 10.1. The Morgan fingerprint density at radius 1 is 0.519 bits per heavy atom. The molecule has 0 saturated heterocycles. The van der Waals surface area contributed by atoms with Gasteiger partial charge in [-0.1, -0.05) is 78.9 Å². The number of fused-ring (bicyclic) bond motifs is 1. The van der Waals surface area contributed by atoms with Gasteiger partial charge >= 0.3 is 0 Å². The fourth-order valence-corrected chi connectivity index (χ4v) is 3.35. The van der Waals surface area contributed by atoms with E-state index in [9.17, 15) is 0 Å². The van der Waals surface area contributed by atoms with Crippen LogP contribution in [0.25, 0.3) is 39.5 Å². The average Bonchev–Trinajstić information content (AvgIpc) is 3.14. The molecule has 0 aliphatic carbocycles. The van der Waals surface area contributed by atoms with E-state index in [2.05, 4.69) is 53.1 Å². The van der Waals surface area contributed by atoms with Crippen molar-refractivity contribution in [2.24, 2.45) is 0 Å². The molecule has 0 unspecified atom stereocenters. The number of hydrogen-bond donors (Lipinski definition) is 0. The standard InChI is InChI=1S/C24H17N3/c1-4-10-18(11-5-1)21-16-17-22-23(25-21)26-24(19-12-6-2-7-13-19)27(22)20-14-8-3-9-15-20/h1-17H. The molecular formula is C24H17N3. The van der Waals surface area contributed by atoms with Gasteiger partial charge in [0.15, 0.2) is 5.65 Å². The molecule has 0 N–H and O–H groups in total. The average molecular weight is 347 g/mol. The zero-order chi connectivity index (χ0) is 18.1. The number of para-hydroxylation sites is 1. The Labute approximate surface area is 157 Å². The molecule has 0 spiro atoms. The lowest BCUT2D eigenvalue weighted by molar-refractivity contribution is 1.10. The Morgan fingerprint density at radius 3 is 1.78 bits per heavy atom. The minimum absolute atomic E-state index is 0.749. The summed E-state index contributed by atoms with van der Waals surface area (Å²) < 4.78 is 2.17. The third-order valence-corrected chi connectivity index (χ3v) is 4.63. The quantitative estimate of drug-likeness (QED) is 0.416. The smallest absolute Gasteiger partial charge is 0.179 e. The number of imidazole rings is 1. The van der Waals surface area contributed by atoms with Crippen molar-refractivity contribution in [1.82, 2.24) is 14.5 Å². The third-order valence-electron chi connectivity index (χ3n) is 4.63. The highest BCUT2D eigenvalue weighted by molar-refractivity contribution is 5.82. The van der Waals surface area contributed by atoms with Gasteiger partial charge in [-0.15, -0.1) is 0 Å². The molecule has 3 heteroatoms. The van der Waals surface area contributed by atoms with Gasteiger partial charge in [0, 0.05) is 16.8 Å². The maximum absolute atomic E-state index is 4.90. The van der Waals surface area contributed by atoms with E-state index >= 15 is 0 Å². The van der Waals surface area contributed by atoms with Gasteiger partial charge in [0.05, 0.1) is 11.2 Å². The van der Waals surface area contributed by atoms with E-state index in [0.717, 1.165) is 39.5 Å². The van der Waals surface area contributed by atoms with Gasteiger partial charge < -0.3 is 0 Å². The summed E-state index contributed by atoms with van der Waals surface area (Å²) in [5.74, 6) is 0.898. The zero-order valence-electron chi connectivity index (χ0n) is 14.7. The Hall–Kier alpha value is -3.72. The zero-order valence-corrected chi connectivity index (χ0v) is 14.7. The summed E-state index contributed by atoms with van der Waals surface area (Å²) in [6, 6.07) is 34.9. The first-order chi connectivity index (χ1) is 13.4. The first kappa shape index (κ1) is 15.5. The summed E-state index contributed by atoms with van der Waals surface area (Å²) in [4.78, 5) is 9.74. The van der Waals surface area contributed by atoms with Crippen molar-refractivity contribution < 1.29 is 0 Å². The van der Waals surface area contributed by atoms with Crippen LogP contribution in [0.1, 0.15) is 0 Å². The van der Waals surface area contributed by atoms with Crippen LogP contribution in [-0.4, -0.2) is 14.5 Å². The minimum Gasteiger partial charge on any atom is -0.291 e. The van der Waals surface area contributed by atoms with Crippen LogP contribution in [-0.2, 0) is 0 Å². The summed E-state index contributed by atoms with van der Waals surface area (Å²) >= 11 is 0. The van der Waals surface area contributed by atoms with Crippen molar-refractivity contribution in [2.75, 3.05) is 0 Å². The first-order valence-electron chi connectivity index (χ1n) is 8.96. The van der Waals surface area contributed by atoms with Crippen molar-refractivity contribution in [1.29, 1.82) is 0 Å². The fraction of sp³-hybridized carbons (Fsp3) is 0. The van der Waals surface area contributed by atoms with E-state index in [4.69, 9.17) is 9.97 Å². The van der Waals surface area contributed by atoms with Crippen molar-refractivity contribution in [3.8, 4) is 28.3 Å². The Balaban J connectivity index is 1.77. The second-order valence-electron chi connectivity index (χ2n) is 6.38. The third kappa shape index (κ3) is 2.79. The molecule has 3 aromatic carbocycles. The SMILES string of the molecule is c1ccc(-c2ccc3c(n2)nc(-c2ccccc2)n3-c2ccccc2)cc1.